The standard InChI is InChI=1S/C12H13Cl2N3O2S/c1-8-9(6-15-17(8)2)7-16-20(18,19)12-5-10(13)3-4-11(12)14/h3-6,16H,7H2,1-2H3. The Kier molecular flexibility index (Phi) is 4.39. The van der Waals surface area contributed by atoms with Crippen molar-refractivity contribution < 1.29 is 8.42 Å². The SMILES string of the molecule is Cc1c(CNS(=O)(=O)c2cc(Cl)ccc2Cl)cnn1C. The summed E-state index contributed by atoms with van der Waals surface area (Å²) in [5, 5.41) is 4.50. The number of nitrogens with zero attached hydrogens (tertiary/aromatic N) is 2. The summed E-state index contributed by atoms with van der Waals surface area (Å²) < 4.78 is 28.6. The minimum atomic E-state index is -3.72. The van der Waals surface area contributed by atoms with Gasteiger partial charge in [-0.1, -0.05) is 23.2 Å². The molecule has 0 saturated carbocycles. The van der Waals surface area contributed by atoms with Gasteiger partial charge >= 0.3 is 0 Å². The average molecular weight is 334 g/mol. The van der Waals surface area contributed by atoms with Gasteiger partial charge in [0.15, 0.2) is 0 Å². The van der Waals surface area contributed by atoms with Crippen molar-refractivity contribution in [2.24, 2.45) is 7.05 Å². The Balaban J connectivity index is 2.24. The second-order valence-corrected chi connectivity index (χ2v) is 6.86. The third kappa shape index (κ3) is 3.15. The first kappa shape index (κ1) is 15.3. The van der Waals surface area contributed by atoms with Gasteiger partial charge in [-0.15, -0.1) is 0 Å². The zero-order valence-corrected chi connectivity index (χ0v) is 13.2. The van der Waals surface area contributed by atoms with Crippen molar-refractivity contribution in [3.8, 4) is 0 Å². The molecule has 0 atom stereocenters. The van der Waals surface area contributed by atoms with Gasteiger partial charge in [-0.25, -0.2) is 13.1 Å². The highest BCUT2D eigenvalue weighted by atomic mass is 35.5. The smallest absolute Gasteiger partial charge is 0.242 e. The van der Waals surface area contributed by atoms with E-state index in [-0.39, 0.29) is 16.5 Å². The Bertz CT molecular complexity index is 741. The Labute approximate surface area is 127 Å². The van der Waals surface area contributed by atoms with Crippen LogP contribution in [0.4, 0.5) is 0 Å². The van der Waals surface area contributed by atoms with Crippen LogP contribution in [0, 0.1) is 6.92 Å². The van der Waals surface area contributed by atoms with Crippen LogP contribution >= 0.6 is 23.2 Å². The molecule has 0 bridgehead atoms. The highest BCUT2D eigenvalue weighted by Gasteiger charge is 2.19. The number of hydrogen-bond acceptors (Lipinski definition) is 3. The molecule has 5 nitrogen and oxygen atoms in total. The molecular weight excluding hydrogens is 321 g/mol. The highest BCUT2D eigenvalue weighted by molar-refractivity contribution is 7.89. The summed E-state index contributed by atoms with van der Waals surface area (Å²) in [5.41, 5.74) is 1.69. The van der Waals surface area contributed by atoms with Crippen LogP contribution in [0.3, 0.4) is 0 Å². The van der Waals surface area contributed by atoms with Crippen LogP contribution in [0.15, 0.2) is 29.3 Å². The van der Waals surface area contributed by atoms with Crippen LogP contribution in [-0.4, -0.2) is 18.2 Å². The van der Waals surface area contributed by atoms with Gasteiger partial charge in [0.25, 0.3) is 0 Å². The van der Waals surface area contributed by atoms with Crippen molar-refractivity contribution in [1.29, 1.82) is 0 Å². The zero-order chi connectivity index (χ0) is 14.9. The molecule has 1 N–H and O–H groups in total. The lowest BCUT2D eigenvalue weighted by atomic mass is 10.3. The minimum Gasteiger partial charge on any atom is -0.273 e. The molecule has 0 saturated heterocycles. The molecule has 8 heteroatoms. The first-order valence-corrected chi connectivity index (χ1v) is 7.97. The van der Waals surface area contributed by atoms with Crippen molar-refractivity contribution in [1.82, 2.24) is 14.5 Å². The topological polar surface area (TPSA) is 64.0 Å². The largest absolute Gasteiger partial charge is 0.273 e. The minimum absolute atomic E-state index is 0.0341. The fourth-order valence-corrected chi connectivity index (χ4v) is 3.42. The molecule has 0 aliphatic carbocycles. The van der Waals surface area contributed by atoms with Gasteiger partial charge in [0.05, 0.1) is 11.2 Å². The molecular formula is C12H13Cl2N3O2S. The second-order valence-electron chi connectivity index (χ2n) is 4.28. The third-order valence-corrected chi connectivity index (χ3v) is 5.09. The molecule has 0 radical (unpaired) electrons. The summed E-state index contributed by atoms with van der Waals surface area (Å²) in [5.74, 6) is 0. The van der Waals surface area contributed by atoms with Gasteiger partial charge in [-0.3, -0.25) is 4.68 Å². The molecule has 1 aromatic carbocycles. The number of halogens is 2. The number of hydrogen-bond donors (Lipinski definition) is 1. The molecule has 0 aliphatic heterocycles. The van der Waals surface area contributed by atoms with E-state index < -0.39 is 10.0 Å². The van der Waals surface area contributed by atoms with Crippen LogP contribution in [0.1, 0.15) is 11.3 Å². The van der Waals surface area contributed by atoms with Crippen LogP contribution in [-0.2, 0) is 23.6 Å². The number of nitrogens with one attached hydrogen (secondary N) is 1. The molecule has 0 spiro atoms. The number of aromatic nitrogens is 2. The summed E-state index contributed by atoms with van der Waals surface area (Å²) in [4.78, 5) is -0.0341. The van der Waals surface area contributed by atoms with E-state index in [1.54, 1.807) is 17.9 Å². The van der Waals surface area contributed by atoms with Crippen molar-refractivity contribution in [3.05, 3.63) is 45.7 Å². The van der Waals surface area contributed by atoms with Crippen molar-refractivity contribution in [3.63, 3.8) is 0 Å². The van der Waals surface area contributed by atoms with E-state index in [9.17, 15) is 8.42 Å². The van der Waals surface area contributed by atoms with E-state index in [1.807, 2.05) is 6.92 Å². The van der Waals surface area contributed by atoms with Crippen LogP contribution in [0.2, 0.25) is 10.0 Å². The van der Waals surface area contributed by atoms with Crippen LogP contribution in [0.25, 0.3) is 0 Å². The maximum atomic E-state index is 12.2. The lowest BCUT2D eigenvalue weighted by molar-refractivity contribution is 0.581. The van der Waals surface area contributed by atoms with Gasteiger partial charge < -0.3 is 0 Å². The van der Waals surface area contributed by atoms with Crippen molar-refractivity contribution in [2.45, 2.75) is 18.4 Å². The maximum Gasteiger partial charge on any atom is 0.242 e. The number of aryl methyl sites for hydroxylation is 1. The molecule has 0 aliphatic rings. The average Bonchev–Trinajstić information content (AvgIpc) is 2.70. The molecule has 20 heavy (non-hydrogen) atoms. The van der Waals surface area contributed by atoms with E-state index in [0.29, 0.717) is 5.02 Å². The highest BCUT2D eigenvalue weighted by Crippen LogP contribution is 2.25. The molecule has 0 unspecified atom stereocenters. The maximum absolute atomic E-state index is 12.2. The van der Waals surface area contributed by atoms with E-state index in [4.69, 9.17) is 23.2 Å². The van der Waals surface area contributed by atoms with E-state index in [2.05, 4.69) is 9.82 Å². The number of rotatable bonds is 4. The van der Waals surface area contributed by atoms with Gasteiger partial charge in [0, 0.05) is 29.9 Å². The predicted octanol–water partition coefficient (Wildman–Crippen LogP) is 2.51. The van der Waals surface area contributed by atoms with E-state index in [0.717, 1.165) is 11.3 Å². The molecule has 1 aromatic heterocycles. The lowest BCUT2D eigenvalue weighted by Crippen LogP contribution is -2.23. The molecule has 0 amide bonds. The van der Waals surface area contributed by atoms with E-state index >= 15 is 0 Å². The lowest BCUT2D eigenvalue weighted by Gasteiger charge is -2.08. The predicted molar refractivity (Wildman–Crippen MR) is 78.4 cm³/mol. The summed E-state index contributed by atoms with van der Waals surface area (Å²) in [6, 6.07) is 4.31. The fraction of sp³-hybridized carbons (Fsp3) is 0.250. The Hall–Kier alpha value is -1.08. The molecule has 0 fully saturated rings. The van der Waals surface area contributed by atoms with Crippen LogP contribution < -0.4 is 4.72 Å². The van der Waals surface area contributed by atoms with Gasteiger partial charge in [-0.2, -0.15) is 5.10 Å². The Morgan fingerprint density at radius 1 is 1.35 bits per heavy atom. The monoisotopic (exact) mass is 333 g/mol. The molecule has 2 rings (SSSR count). The summed E-state index contributed by atoms with van der Waals surface area (Å²) in [6.45, 7) is 2.01. The summed E-state index contributed by atoms with van der Waals surface area (Å²) in [6.07, 6.45) is 1.62. The fourth-order valence-electron chi connectivity index (χ4n) is 1.65. The second kappa shape index (κ2) is 5.73. The molecule has 2 aromatic rings. The van der Waals surface area contributed by atoms with Gasteiger partial charge in [0.1, 0.15) is 4.90 Å². The first-order valence-electron chi connectivity index (χ1n) is 5.73. The van der Waals surface area contributed by atoms with Crippen LogP contribution in [0.5, 0.6) is 0 Å². The van der Waals surface area contributed by atoms with Gasteiger partial charge in [-0.05, 0) is 25.1 Å². The van der Waals surface area contributed by atoms with E-state index in [1.165, 1.54) is 18.2 Å². The normalized spacial score (nSPS) is 11.8. The molecule has 108 valence electrons. The first-order chi connectivity index (χ1) is 9.31. The van der Waals surface area contributed by atoms with Crippen molar-refractivity contribution >= 4 is 33.2 Å². The number of benzene rings is 1. The Morgan fingerprint density at radius 2 is 2.05 bits per heavy atom. The number of sulfonamides is 1. The Morgan fingerprint density at radius 3 is 2.65 bits per heavy atom. The summed E-state index contributed by atoms with van der Waals surface area (Å²) >= 11 is 11.7. The quantitative estimate of drug-likeness (QED) is 0.934. The zero-order valence-electron chi connectivity index (χ0n) is 10.9. The summed E-state index contributed by atoms with van der Waals surface area (Å²) in [7, 11) is -1.93. The van der Waals surface area contributed by atoms with Gasteiger partial charge in [0.2, 0.25) is 10.0 Å². The van der Waals surface area contributed by atoms with Crippen molar-refractivity contribution in [2.75, 3.05) is 0 Å². The molecule has 1 heterocycles. The third-order valence-electron chi connectivity index (χ3n) is 2.97.